The van der Waals surface area contributed by atoms with Gasteiger partial charge >= 0.3 is 12.1 Å². The molecule has 0 aliphatic heterocycles. The number of benzene rings is 1. The van der Waals surface area contributed by atoms with E-state index < -0.39 is 29.8 Å². The van der Waals surface area contributed by atoms with Gasteiger partial charge in [0.25, 0.3) is 0 Å². The maximum absolute atomic E-state index is 13.2. The Labute approximate surface area is 171 Å². The molecule has 2 aromatic heterocycles. The number of aliphatic hydroxyl groups excluding tert-OH is 1. The summed E-state index contributed by atoms with van der Waals surface area (Å²) >= 11 is 0. The maximum atomic E-state index is 13.2. The molecule has 0 aliphatic rings. The number of methoxy groups -OCH3 is 1. The van der Waals surface area contributed by atoms with E-state index in [2.05, 4.69) is 10.2 Å². The molecule has 0 radical (unpaired) electrons. The average molecular weight is 421 g/mol. The van der Waals surface area contributed by atoms with Gasteiger partial charge in [0.1, 0.15) is 0 Å². The van der Waals surface area contributed by atoms with Gasteiger partial charge in [-0.25, -0.2) is 0 Å². The van der Waals surface area contributed by atoms with Crippen LogP contribution in [0.15, 0.2) is 30.5 Å². The van der Waals surface area contributed by atoms with Gasteiger partial charge in [0, 0.05) is 12.1 Å². The van der Waals surface area contributed by atoms with Crippen LogP contribution in [-0.4, -0.2) is 32.8 Å². The lowest BCUT2D eigenvalue weighted by Crippen LogP contribution is -2.23. The van der Waals surface area contributed by atoms with Crippen LogP contribution in [0.3, 0.4) is 0 Å². The van der Waals surface area contributed by atoms with Crippen molar-refractivity contribution in [2.24, 2.45) is 5.92 Å². The minimum Gasteiger partial charge on any atom is -0.469 e. The van der Waals surface area contributed by atoms with Gasteiger partial charge in [0.15, 0.2) is 5.65 Å². The van der Waals surface area contributed by atoms with Crippen LogP contribution in [0.2, 0.25) is 0 Å². The van der Waals surface area contributed by atoms with Crippen molar-refractivity contribution < 1.29 is 27.8 Å². The Kier molecular flexibility index (Phi) is 5.85. The van der Waals surface area contributed by atoms with E-state index in [-0.39, 0.29) is 12.3 Å². The number of hydrogen-bond donors (Lipinski definition) is 1. The molecule has 2 atom stereocenters. The van der Waals surface area contributed by atoms with E-state index in [1.807, 2.05) is 19.1 Å². The molecule has 0 spiro atoms. The molecule has 3 aromatic rings. The first-order chi connectivity index (χ1) is 14.1. The van der Waals surface area contributed by atoms with Gasteiger partial charge in [-0.05, 0) is 47.7 Å². The standard InChI is InChI=1S/C21H22F3N3O3/c1-11-5-6-14(9-15(11)10-28)17(13(3)19(29)30-4)16-7-8-27-18(12(16)2)25-26-20(27)21(22,23)24/h5-9,13,17,28H,10H2,1-4H3/t13-,17+/m0/s1. The van der Waals surface area contributed by atoms with Crippen molar-refractivity contribution in [2.45, 2.75) is 39.5 Å². The van der Waals surface area contributed by atoms with Crippen molar-refractivity contribution in [3.05, 3.63) is 64.1 Å². The summed E-state index contributed by atoms with van der Waals surface area (Å²) in [6, 6.07) is 7.02. The smallest absolute Gasteiger partial charge is 0.452 e. The highest BCUT2D eigenvalue weighted by Crippen LogP contribution is 2.37. The predicted molar refractivity (Wildman–Crippen MR) is 103 cm³/mol. The average Bonchev–Trinajstić information content (AvgIpc) is 3.15. The van der Waals surface area contributed by atoms with Crippen LogP contribution in [0.4, 0.5) is 13.2 Å². The summed E-state index contributed by atoms with van der Waals surface area (Å²) in [5, 5.41) is 16.7. The van der Waals surface area contributed by atoms with E-state index >= 15 is 0 Å². The lowest BCUT2D eigenvalue weighted by atomic mass is 9.79. The monoisotopic (exact) mass is 421 g/mol. The van der Waals surface area contributed by atoms with Crippen LogP contribution >= 0.6 is 0 Å². The van der Waals surface area contributed by atoms with Gasteiger partial charge in [0.05, 0.1) is 19.6 Å². The van der Waals surface area contributed by atoms with Crippen LogP contribution in [0.25, 0.3) is 5.65 Å². The molecule has 6 nitrogen and oxygen atoms in total. The van der Waals surface area contributed by atoms with Gasteiger partial charge in [-0.2, -0.15) is 13.2 Å². The summed E-state index contributed by atoms with van der Waals surface area (Å²) in [5.41, 5.74) is 3.52. The second kappa shape index (κ2) is 8.06. The lowest BCUT2D eigenvalue weighted by Gasteiger charge is -2.26. The minimum absolute atomic E-state index is 0.0661. The highest BCUT2D eigenvalue weighted by molar-refractivity contribution is 5.74. The first-order valence-corrected chi connectivity index (χ1v) is 9.29. The van der Waals surface area contributed by atoms with Crippen molar-refractivity contribution >= 4 is 11.6 Å². The van der Waals surface area contributed by atoms with E-state index in [0.29, 0.717) is 16.7 Å². The number of aliphatic hydroxyl groups is 1. The summed E-state index contributed by atoms with van der Waals surface area (Å²) in [6.07, 6.45) is -3.38. The number of esters is 1. The zero-order valence-electron chi connectivity index (χ0n) is 17.0. The molecular formula is C21H22F3N3O3. The van der Waals surface area contributed by atoms with Crippen molar-refractivity contribution in [1.29, 1.82) is 0 Å². The van der Waals surface area contributed by atoms with Crippen LogP contribution < -0.4 is 0 Å². The molecular weight excluding hydrogens is 399 g/mol. The van der Waals surface area contributed by atoms with Crippen molar-refractivity contribution in [2.75, 3.05) is 7.11 Å². The summed E-state index contributed by atoms with van der Waals surface area (Å²) in [4.78, 5) is 12.4. The number of pyridine rings is 1. The summed E-state index contributed by atoms with van der Waals surface area (Å²) in [6.45, 7) is 5.04. The number of carbonyl (C=O) groups is 1. The van der Waals surface area contributed by atoms with Gasteiger partial charge in [-0.3, -0.25) is 9.20 Å². The number of carbonyl (C=O) groups excluding carboxylic acids is 1. The first kappa shape index (κ1) is 21.8. The molecule has 9 heteroatoms. The Morgan fingerprint density at radius 3 is 2.53 bits per heavy atom. The highest BCUT2D eigenvalue weighted by Gasteiger charge is 2.38. The number of nitrogens with zero attached hydrogens (tertiary/aromatic N) is 3. The van der Waals surface area contributed by atoms with E-state index in [4.69, 9.17) is 4.74 Å². The normalized spacial score (nSPS) is 14.0. The number of hydrogen-bond acceptors (Lipinski definition) is 5. The third kappa shape index (κ3) is 3.77. The molecule has 160 valence electrons. The number of ether oxygens (including phenoxy) is 1. The molecule has 0 bridgehead atoms. The SMILES string of the molecule is COC(=O)[C@@H](C)[C@H](c1ccc(C)c(CO)c1)c1ccn2c(C(F)(F)F)nnc2c1C. The number of halogens is 3. The molecule has 30 heavy (non-hydrogen) atoms. The summed E-state index contributed by atoms with van der Waals surface area (Å²) < 4.78 is 45.4. The largest absolute Gasteiger partial charge is 0.469 e. The fourth-order valence-electron chi connectivity index (χ4n) is 3.74. The van der Waals surface area contributed by atoms with E-state index in [1.54, 1.807) is 26.0 Å². The molecule has 2 heterocycles. The molecule has 3 rings (SSSR count). The maximum Gasteiger partial charge on any atom is 0.452 e. The van der Waals surface area contributed by atoms with Crippen LogP contribution in [0.1, 0.15) is 46.5 Å². The Bertz CT molecular complexity index is 1090. The summed E-state index contributed by atoms with van der Waals surface area (Å²) in [5.74, 6) is -2.71. The molecule has 0 saturated heterocycles. The van der Waals surface area contributed by atoms with E-state index in [0.717, 1.165) is 15.5 Å². The molecule has 0 saturated carbocycles. The van der Waals surface area contributed by atoms with Crippen LogP contribution in [-0.2, 0) is 22.3 Å². The molecule has 0 amide bonds. The number of aromatic nitrogens is 3. The van der Waals surface area contributed by atoms with Gasteiger partial charge in [-0.15, -0.1) is 10.2 Å². The topological polar surface area (TPSA) is 76.7 Å². The first-order valence-electron chi connectivity index (χ1n) is 9.29. The molecule has 0 unspecified atom stereocenters. The Morgan fingerprint density at radius 2 is 1.93 bits per heavy atom. The minimum atomic E-state index is -4.64. The number of aryl methyl sites for hydroxylation is 2. The van der Waals surface area contributed by atoms with Gasteiger partial charge in [-0.1, -0.05) is 25.1 Å². The fourth-order valence-corrected chi connectivity index (χ4v) is 3.74. The summed E-state index contributed by atoms with van der Waals surface area (Å²) in [7, 11) is 1.29. The van der Waals surface area contributed by atoms with Crippen molar-refractivity contribution in [3.63, 3.8) is 0 Å². The Balaban J connectivity index is 2.23. The zero-order chi connectivity index (χ0) is 22.2. The third-order valence-corrected chi connectivity index (χ3v) is 5.43. The fraction of sp³-hybridized carbons (Fsp3) is 0.381. The second-order valence-corrected chi connectivity index (χ2v) is 7.24. The van der Waals surface area contributed by atoms with Crippen LogP contribution in [0, 0.1) is 19.8 Å². The quantitative estimate of drug-likeness (QED) is 0.635. The molecule has 0 fully saturated rings. The van der Waals surface area contributed by atoms with E-state index in [1.165, 1.54) is 13.3 Å². The van der Waals surface area contributed by atoms with Crippen molar-refractivity contribution in [3.8, 4) is 0 Å². The Hall–Kier alpha value is -2.94. The van der Waals surface area contributed by atoms with E-state index in [9.17, 15) is 23.1 Å². The molecule has 1 aromatic carbocycles. The van der Waals surface area contributed by atoms with Crippen LogP contribution in [0.5, 0.6) is 0 Å². The number of fused-ring (bicyclic) bond motifs is 1. The predicted octanol–water partition coefficient (Wildman–Crippen LogP) is 3.80. The molecule has 1 N–H and O–H groups in total. The second-order valence-electron chi connectivity index (χ2n) is 7.24. The zero-order valence-corrected chi connectivity index (χ0v) is 17.0. The number of alkyl halides is 3. The van der Waals surface area contributed by atoms with Gasteiger partial charge < -0.3 is 9.84 Å². The number of rotatable bonds is 5. The Morgan fingerprint density at radius 1 is 1.23 bits per heavy atom. The third-order valence-electron chi connectivity index (χ3n) is 5.43. The van der Waals surface area contributed by atoms with Gasteiger partial charge in [0.2, 0.25) is 5.82 Å². The molecule has 0 aliphatic carbocycles. The van der Waals surface area contributed by atoms with Crippen molar-refractivity contribution in [1.82, 2.24) is 14.6 Å². The highest BCUT2D eigenvalue weighted by atomic mass is 19.4. The lowest BCUT2D eigenvalue weighted by molar-refractivity contribution is -0.146.